The number of halogens is 2. The molecule has 0 saturated carbocycles. The van der Waals surface area contributed by atoms with Crippen LogP contribution in [-0.4, -0.2) is 16.1 Å². The van der Waals surface area contributed by atoms with Gasteiger partial charge in [-0.15, -0.1) is 11.3 Å². The Bertz CT molecular complexity index is 382. The summed E-state index contributed by atoms with van der Waals surface area (Å²) in [6.07, 6.45) is 0. The van der Waals surface area contributed by atoms with E-state index in [0.717, 1.165) is 18.3 Å². The number of aromatic nitrogens is 1. The van der Waals surface area contributed by atoms with E-state index in [4.69, 9.17) is 5.11 Å². The molecule has 0 amide bonds. The number of thiazole rings is 1. The summed E-state index contributed by atoms with van der Waals surface area (Å²) < 4.78 is 25.7. The van der Waals surface area contributed by atoms with E-state index in [1.165, 1.54) is 19.2 Å². The fourth-order valence-electron chi connectivity index (χ4n) is 0.872. The Morgan fingerprint density at radius 2 is 2.00 bits per heavy atom. The van der Waals surface area contributed by atoms with Gasteiger partial charge in [-0.25, -0.2) is 4.98 Å². The van der Waals surface area contributed by atoms with Crippen molar-refractivity contribution in [2.45, 2.75) is 32.1 Å². The fraction of sp³-hybridized carbons (Fsp3) is 0.556. The largest absolute Gasteiger partial charge is 0.481 e. The number of aliphatic carboxylic acids is 1. The van der Waals surface area contributed by atoms with E-state index in [-0.39, 0.29) is 10.7 Å². The monoisotopic (exact) mass is 235 g/mol. The molecule has 0 radical (unpaired) electrons. The van der Waals surface area contributed by atoms with Crippen molar-refractivity contribution in [1.82, 2.24) is 4.98 Å². The van der Waals surface area contributed by atoms with Crippen LogP contribution in [0.3, 0.4) is 0 Å². The lowest BCUT2D eigenvalue weighted by atomic mass is 9.90. The van der Waals surface area contributed by atoms with Crippen LogP contribution in [0, 0.1) is 0 Å². The van der Waals surface area contributed by atoms with Gasteiger partial charge < -0.3 is 5.11 Å². The highest BCUT2D eigenvalue weighted by Crippen LogP contribution is 2.33. The average Bonchev–Trinajstić information content (AvgIpc) is 2.50. The molecule has 6 heteroatoms. The number of nitrogens with zero attached hydrogens (tertiary/aromatic N) is 1. The van der Waals surface area contributed by atoms with Crippen LogP contribution in [0.25, 0.3) is 0 Å². The molecule has 0 fully saturated rings. The SMILES string of the molecule is CC(F)(F)c1nc(C(C)(C)C(=O)O)cs1. The van der Waals surface area contributed by atoms with E-state index in [2.05, 4.69) is 4.98 Å². The summed E-state index contributed by atoms with van der Waals surface area (Å²) in [4.78, 5) is 14.5. The second-order valence-corrected chi connectivity index (χ2v) is 4.71. The van der Waals surface area contributed by atoms with Crippen molar-refractivity contribution in [2.24, 2.45) is 0 Å². The van der Waals surface area contributed by atoms with Crippen molar-refractivity contribution in [3.8, 4) is 0 Å². The lowest BCUT2D eigenvalue weighted by Gasteiger charge is -2.15. The summed E-state index contributed by atoms with van der Waals surface area (Å²) in [6.45, 7) is 3.60. The summed E-state index contributed by atoms with van der Waals surface area (Å²) in [5.41, 5.74) is -1.07. The minimum Gasteiger partial charge on any atom is -0.481 e. The molecule has 0 aliphatic rings. The van der Waals surface area contributed by atoms with Crippen molar-refractivity contribution < 1.29 is 18.7 Å². The minimum atomic E-state index is -3.02. The molecule has 1 rings (SSSR count). The molecule has 3 nitrogen and oxygen atoms in total. The third-order valence-electron chi connectivity index (χ3n) is 2.05. The van der Waals surface area contributed by atoms with Crippen LogP contribution in [0.15, 0.2) is 5.38 Å². The van der Waals surface area contributed by atoms with Gasteiger partial charge in [0.1, 0.15) is 5.41 Å². The Kier molecular flexibility index (Phi) is 2.82. The zero-order chi connectivity index (χ0) is 11.9. The van der Waals surface area contributed by atoms with Gasteiger partial charge in [0.2, 0.25) is 0 Å². The van der Waals surface area contributed by atoms with Crippen molar-refractivity contribution in [3.63, 3.8) is 0 Å². The summed E-state index contributed by atoms with van der Waals surface area (Å²) in [5.74, 6) is -4.10. The van der Waals surface area contributed by atoms with Gasteiger partial charge in [0.15, 0.2) is 5.01 Å². The van der Waals surface area contributed by atoms with Gasteiger partial charge >= 0.3 is 5.97 Å². The molecule has 0 bridgehead atoms. The first kappa shape index (κ1) is 12.0. The van der Waals surface area contributed by atoms with Crippen LogP contribution in [0.5, 0.6) is 0 Å². The second kappa shape index (κ2) is 3.52. The maximum absolute atomic E-state index is 12.9. The lowest BCUT2D eigenvalue weighted by molar-refractivity contribution is -0.142. The Balaban J connectivity index is 3.10. The third-order valence-corrected chi connectivity index (χ3v) is 3.07. The normalized spacial score (nSPS) is 12.9. The standard InChI is InChI=1S/C9H11F2NO2S/c1-8(2,7(13)14)5-4-15-6(12-5)9(3,10)11/h4H,1-3H3,(H,13,14). The fourth-order valence-corrected chi connectivity index (χ4v) is 1.80. The van der Waals surface area contributed by atoms with Crippen molar-refractivity contribution >= 4 is 17.3 Å². The van der Waals surface area contributed by atoms with Gasteiger partial charge in [0.05, 0.1) is 5.69 Å². The molecule has 1 N–H and O–H groups in total. The summed E-state index contributed by atoms with van der Waals surface area (Å²) in [5, 5.41) is 9.89. The van der Waals surface area contributed by atoms with Crippen LogP contribution in [-0.2, 0) is 16.1 Å². The third kappa shape index (κ3) is 2.31. The number of hydrogen-bond acceptors (Lipinski definition) is 3. The van der Waals surface area contributed by atoms with Gasteiger partial charge in [-0.1, -0.05) is 0 Å². The maximum Gasteiger partial charge on any atom is 0.315 e. The molecule has 0 aliphatic heterocycles. The molecule has 0 unspecified atom stereocenters. The van der Waals surface area contributed by atoms with Crippen LogP contribution in [0.4, 0.5) is 8.78 Å². The molecule has 15 heavy (non-hydrogen) atoms. The van der Waals surface area contributed by atoms with Crippen molar-refractivity contribution in [3.05, 3.63) is 16.1 Å². The molecule has 1 aromatic rings. The molecule has 1 heterocycles. The Hall–Kier alpha value is -1.04. The summed E-state index contributed by atoms with van der Waals surface area (Å²) in [7, 11) is 0. The molecule has 0 aliphatic carbocycles. The maximum atomic E-state index is 12.9. The average molecular weight is 235 g/mol. The predicted molar refractivity (Wildman–Crippen MR) is 52.3 cm³/mol. The quantitative estimate of drug-likeness (QED) is 0.876. The van der Waals surface area contributed by atoms with Gasteiger partial charge in [-0.3, -0.25) is 4.79 Å². The first-order chi connectivity index (χ1) is 6.65. The molecular formula is C9H11F2NO2S. The lowest BCUT2D eigenvalue weighted by Crippen LogP contribution is -2.29. The van der Waals surface area contributed by atoms with E-state index in [0.29, 0.717) is 0 Å². The van der Waals surface area contributed by atoms with Crippen LogP contribution in [0.2, 0.25) is 0 Å². The minimum absolute atomic E-state index is 0.163. The zero-order valence-electron chi connectivity index (χ0n) is 8.54. The Labute approximate surface area is 89.8 Å². The van der Waals surface area contributed by atoms with Gasteiger partial charge in [-0.2, -0.15) is 8.78 Å². The molecule has 84 valence electrons. The number of alkyl halides is 2. The number of carboxylic acid groups (broad SMARTS) is 1. The summed E-state index contributed by atoms with van der Waals surface area (Å²) >= 11 is 0.776. The Morgan fingerprint density at radius 1 is 1.47 bits per heavy atom. The van der Waals surface area contributed by atoms with Crippen LogP contribution in [0.1, 0.15) is 31.5 Å². The molecule has 0 spiro atoms. The first-order valence-corrected chi connectivity index (χ1v) is 5.11. The molecule has 0 saturated heterocycles. The van der Waals surface area contributed by atoms with Gasteiger partial charge in [0.25, 0.3) is 5.92 Å². The molecule has 0 atom stereocenters. The first-order valence-electron chi connectivity index (χ1n) is 4.23. The van der Waals surface area contributed by atoms with Crippen LogP contribution >= 0.6 is 11.3 Å². The van der Waals surface area contributed by atoms with E-state index in [9.17, 15) is 13.6 Å². The second-order valence-electron chi connectivity index (χ2n) is 3.86. The number of hydrogen-bond donors (Lipinski definition) is 1. The van der Waals surface area contributed by atoms with Crippen molar-refractivity contribution in [2.75, 3.05) is 0 Å². The van der Waals surface area contributed by atoms with Gasteiger partial charge in [0, 0.05) is 12.3 Å². The van der Waals surface area contributed by atoms with Gasteiger partial charge in [-0.05, 0) is 13.8 Å². The molecule has 0 aromatic carbocycles. The smallest absolute Gasteiger partial charge is 0.315 e. The zero-order valence-corrected chi connectivity index (χ0v) is 9.36. The van der Waals surface area contributed by atoms with E-state index in [1.54, 1.807) is 0 Å². The van der Waals surface area contributed by atoms with Crippen LogP contribution < -0.4 is 0 Å². The highest BCUT2D eigenvalue weighted by molar-refractivity contribution is 7.09. The van der Waals surface area contributed by atoms with E-state index in [1.807, 2.05) is 0 Å². The highest BCUT2D eigenvalue weighted by atomic mass is 32.1. The van der Waals surface area contributed by atoms with E-state index < -0.39 is 17.3 Å². The Morgan fingerprint density at radius 3 is 2.33 bits per heavy atom. The molecular weight excluding hydrogens is 224 g/mol. The topological polar surface area (TPSA) is 50.2 Å². The number of rotatable bonds is 3. The van der Waals surface area contributed by atoms with E-state index >= 15 is 0 Å². The molecule has 1 aromatic heterocycles. The predicted octanol–water partition coefficient (Wildman–Crippen LogP) is 2.62. The highest BCUT2D eigenvalue weighted by Gasteiger charge is 2.35. The number of carboxylic acids is 1. The van der Waals surface area contributed by atoms with Crippen molar-refractivity contribution in [1.29, 1.82) is 0 Å². The number of carbonyl (C=O) groups is 1. The summed E-state index contributed by atoms with van der Waals surface area (Å²) in [6, 6.07) is 0.